The SMILES string of the molecule is CCNc1cnccc1C(=O)NCc1nccn1C. The molecule has 2 N–H and O–H groups in total. The normalized spacial score (nSPS) is 10.2. The number of nitrogens with zero attached hydrogens (tertiary/aromatic N) is 3. The fraction of sp³-hybridized carbons (Fsp3) is 0.308. The van der Waals surface area contributed by atoms with E-state index >= 15 is 0 Å². The smallest absolute Gasteiger partial charge is 0.253 e. The lowest BCUT2D eigenvalue weighted by molar-refractivity contribution is 0.0950. The summed E-state index contributed by atoms with van der Waals surface area (Å²) in [5.41, 5.74) is 1.33. The number of aryl methyl sites for hydroxylation is 1. The summed E-state index contributed by atoms with van der Waals surface area (Å²) >= 11 is 0. The lowest BCUT2D eigenvalue weighted by atomic mass is 10.2. The Balaban J connectivity index is 2.06. The van der Waals surface area contributed by atoms with Crippen LogP contribution in [-0.2, 0) is 13.6 Å². The van der Waals surface area contributed by atoms with Gasteiger partial charge in [0.2, 0.25) is 0 Å². The zero-order chi connectivity index (χ0) is 13.7. The number of rotatable bonds is 5. The summed E-state index contributed by atoms with van der Waals surface area (Å²) in [4.78, 5) is 20.3. The summed E-state index contributed by atoms with van der Waals surface area (Å²) in [7, 11) is 1.89. The third-order valence-corrected chi connectivity index (χ3v) is 2.76. The van der Waals surface area contributed by atoms with Gasteiger partial charge in [-0.05, 0) is 13.0 Å². The van der Waals surface area contributed by atoms with Crippen molar-refractivity contribution in [2.75, 3.05) is 11.9 Å². The Morgan fingerprint density at radius 2 is 2.26 bits per heavy atom. The predicted octanol–water partition coefficient (Wildman–Crippen LogP) is 1.18. The van der Waals surface area contributed by atoms with Gasteiger partial charge < -0.3 is 15.2 Å². The van der Waals surface area contributed by atoms with Gasteiger partial charge >= 0.3 is 0 Å². The first-order chi connectivity index (χ1) is 9.22. The molecule has 0 aliphatic rings. The van der Waals surface area contributed by atoms with Gasteiger partial charge in [-0.2, -0.15) is 0 Å². The molecule has 2 rings (SSSR count). The van der Waals surface area contributed by atoms with E-state index in [1.54, 1.807) is 24.7 Å². The van der Waals surface area contributed by atoms with Crippen molar-refractivity contribution in [2.24, 2.45) is 7.05 Å². The summed E-state index contributed by atoms with van der Waals surface area (Å²) < 4.78 is 1.87. The van der Waals surface area contributed by atoms with Crippen LogP contribution in [0.4, 0.5) is 5.69 Å². The van der Waals surface area contributed by atoms with Gasteiger partial charge in [-0.3, -0.25) is 9.78 Å². The second kappa shape index (κ2) is 5.99. The number of hydrogen-bond acceptors (Lipinski definition) is 4. The standard InChI is InChI=1S/C13H17N5O/c1-3-15-11-8-14-5-4-10(11)13(19)17-9-12-16-6-7-18(12)2/h4-8,15H,3,9H2,1-2H3,(H,17,19). The number of aromatic nitrogens is 3. The van der Waals surface area contributed by atoms with Gasteiger partial charge in [0, 0.05) is 32.2 Å². The minimum absolute atomic E-state index is 0.138. The van der Waals surface area contributed by atoms with Crippen LogP contribution < -0.4 is 10.6 Å². The molecule has 6 nitrogen and oxygen atoms in total. The highest BCUT2D eigenvalue weighted by molar-refractivity contribution is 5.99. The number of imidazole rings is 1. The number of hydrogen-bond donors (Lipinski definition) is 2. The van der Waals surface area contributed by atoms with Crippen molar-refractivity contribution in [3.8, 4) is 0 Å². The molecule has 0 atom stereocenters. The molecule has 0 aromatic carbocycles. The van der Waals surface area contributed by atoms with Crippen molar-refractivity contribution in [3.63, 3.8) is 0 Å². The van der Waals surface area contributed by atoms with Crippen LogP contribution >= 0.6 is 0 Å². The van der Waals surface area contributed by atoms with E-state index in [4.69, 9.17) is 0 Å². The molecule has 0 spiro atoms. The van der Waals surface area contributed by atoms with Crippen LogP contribution in [0.25, 0.3) is 0 Å². The monoisotopic (exact) mass is 259 g/mol. The minimum atomic E-state index is -0.138. The first-order valence-corrected chi connectivity index (χ1v) is 6.14. The average molecular weight is 259 g/mol. The van der Waals surface area contributed by atoms with Crippen LogP contribution in [0.5, 0.6) is 0 Å². The van der Waals surface area contributed by atoms with Gasteiger partial charge in [0.05, 0.1) is 24.0 Å². The van der Waals surface area contributed by atoms with Crippen molar-refractivity contribution < 1.29 is 4.79 Å². The Bertz CT molecular complexity index is 564. The van der Waals surface area contributed by atoms with Crippen LogP contribution in [0.15, 0.2) is 30.9 Å². The van der Waals surface area contributed by atoms with E-state index < -0.39 is 0 Å². The molecule has 0 unspecified atom stereocenters. The fourth-order valence-electron chi connectivity index (χ4n) is 1.75. The first kappa shape index (κ1) is 13.1. The second-order valence-electron chi connectivity index (χ2n) is 4.09. The van der Waals surface area contributed by atoms with Crippen LogP contribution in [-0.4, -0.2) is 27.0 Å². The van der Waals surface area contributed by atoms with Crippen LogP contribution in [0.1, 0.15) is 23.1 Å². The zero-order valence-electron chi connectivity index (χ0n) is 11.1. The molecular formula is C13H17N5O. The maximum Gasteiger partial charge on any atom is 0.253 e. The molecule has 100 valence electrons. The number of amides is 1. The van der Waals surface area contributed by atoms with E-state index in [1.165, 1.54) is 0 Å². The maximum atomic E-state index is 12.1. The summed E-state index contributed by atoms with van der Waals surface area (Å²) in [5, 5.41) is 5.97. The van der Waals surface area contributed by atoms with Gasteiger partial charge in [-0.25, -0.2) is 4.98 Å². The molecule has 6 heteroatoms. The Hall–Kier alpha value is -2.37. The zero-order valence-corrected chi connectivity index (χ0v) is 11.1. The second-order valence-corrected chi connectivity index (χ2v) is 4.09. The molecule has 0 aliphatic heterocycles. The van der Waals surface area contributed by atoms with E-state index in [9.17, 15) is 4.79 Å². The summed E-state index contributed by atoms with van der Waals surface area (Å²) in [6.07, 6.45) is 6.81. The number of carbonyl (C=O) groups is 1. The highest BCUT2D eigenvalue weighted by atomic mass is 16.1. The quantitative estimate of drug-likeness (QED) is 0.845. The Labute approximate surface area is 111 Å². The Kier molecular flexibility index (Phi) is 4.12. The van der Waals surface area contributed by atoms with Gasteiger partial charge in [-0.15, -0.1) is 0 Å². The topological polar surface area (TPSA) is 71.8 Å². The average Bonchev–Trinajstić information content (AvgIpc) is 2.82. The summed E-state index contributed by atoms with van der Waals surface area (Å²) in [5.74, 6) is 0.675. The lowest BCUT2D eigenvalue weighted by Crippen LogP contribution is -2.25. The molecule has 0 bridgehead atoms. The minimum Gasteiger partial charge on any atom is -0.383 e. The molecule has 0 saturated heterocycles. The van der Waals surface area contributed by atoms with E-state index in [0.29, 0.717) is 12.1 Å². The number of nitrogens with one attached hydrogen (secondary N) is 2. The molecule has 0 radical (unpaired) electrons. The highest BCUT2D eigenvalue weighted by Crippen LogP contribution is 2.12. The largest absolute Gasteiger partial charge is 0.383 e. The van der Waals surface area contributed by atoms with E-state index in [0.717, 1.165) is 18.1 Å². The van der Waals surface area contributed by atoms with E-state index in [1.807, 2.05) is 24.7 Å². The van der Waals surface area contributed by atoms with Crippen molar-refractivity contribution >= 4 is 11.6 Å². The van der Waals surface area contributed by atoms with Crippen LogP contribution in [0.3, 0.4) is 0 Å². The van der Waals surface area contributed by atoms with E-state index in [-0.39, 0.29) is 5.91 Å². The molecule has 1 amide bonds. The molecular weight excluding hydrogens is 242 g/mol. The summed E-state index contributed by atoms with van der Waals surface area (Å²) in [6.45, 7) is 3.12. The van der Waals surface area contributed by atoms with Gasteiger partial charge in [-0.1, -0.05) is 0 Å². The third-order valence-electron chi connectivity index (χ3n) is 2.76. The predicted molar refractivity (Wildman–Crippen MR) is 72.8 cm³/mol. The molecule has 0 saturated carbocycles. The Morgan fingerprint density at radius 3 is 2.95 bits per heavy atom. The summed E-state index contributed by atoms with van der Waals surface area (Å²) in [6, 6.07) is 1.70. The van der Waals surface area contributed by atoms with Gasteiger partial charge in [0.1, 0.15) is 5.82 Å². The van der Waals surface area contributed by atoms with Gasteiger partial charge in [0.15, 0.2) is 0 Å². The molecule has 19 heavy (non-hydrogen) atoms. The number of carbonyl (C=O) groups excluding carboxylic acids is 1. The molecule has 2 heterocycles. The van der Waals surface area contributed by atoms with Crippen LogP contribution in [0.2, 0.25) is 0 Å². The van der Waals surface area contributed by atoms with Crippen molar-refractivity contribution in [2.45, 2.75) is 13.5 Å². The van der Waals surface area contributed by atoms with Gasteiger partial charge in [0.25, 0.3) is 5.91 Å². The van der Waals surface area contributed by atoms with E-state index in [2.05, 4.69) is 20.6 Å². The highest BCUT2D eigenvalue weighted by Gasteiger charge is 2.11. The lowest BCUT2D eigenvalue weighted by Gasteiger charge is -2.10. The number of pyridine rings is 1. The fourth-order valence-corrected chi connectivity index (χ4v) is 1.75. The number of anilines is 1. The van der Waals surface area contributed by atoms with Crippen LogP contribution in [0, 0.1) is 0 Å². The Morgan fingerprint density at radius 1 is 1.42 bits per heavy atom. The molecule has 2 aromatic rings. The first-order valence-electron chi connectivity index (χ1n) is 6.14. The maximum absolute atomic E-state index is 12.1. The molecule has 0 aliphatic carbocycles. The van der Waals surface area contributed by atoms with Crippen molar-refractivity contribution in [1.82, 2.24) is 19.9 Å². The van der Waals surface area contributed by atoms with Crippen molar-refractivity contribution in [3.05, 3.63) is 42.2 Å². The molecule has 2 aromatic heterocycles. The third kappa shape index (κ3) is 3.09. The molecule has 0 fully saturated rings. The van der Waals surface area contributed by atoms with Crippen molar-refractivity contribution in [1.29, 1.82) is 0 Å².